The average molecular weight is 360 g/mol. The SMILES string of the molecule is CN1CCN(c2cc(N)ccc2S(=O)(=O)c2ccc(CN)cc2)CC1. The summed E-state index contributed by atoms with van der Waals surface area (Å²) in [5.41, 5.74) is 13.7. The van der Waals surface area contributed by atoms with Gasteiger partial charge in [-0.15, -0.1) is 0 Å². The standard InChI is InChI=1S/C18H24N4O2S/c1-21-8-10-22(11-9-21)17-12-15(20)4-7-18(17)25(23,24)16-5-2-14(13-19)3-6-16/h2-7,12H,8-11,13,19-20H2,1H3. The number of hydrogen-bond acceptors (Lipinski definition) is 6. The van der Waals surface area contributed by atoms with Gasteiger partial charge in [0.25, 0.3) is 0 Å². The summed E-state index contributed by atoms with van der Waals surface area (Å²) in [6.45, 7) is 3.71. The van der Waals surface area contributed by atoms with Crippen LogP contribution < -0.4 is 16.4 Å². The smallest absolute Gasteiger partial charge is 0.208 e. The van der Waals surface area contributed by atoms with Crippen LogP contribution in [0.25, 0.3) is 0 Å². The minimum atomic E-state index is -3.63. The Morgan fingerprint density at radius 2 is 1.64 bits per heavy atom. The van der Waals surface area contributed by atoms with Crippen molar-refractivity contribution in [1.82, 2.24) is 4.90 Å². The highest BCUT2D eigenvalue weighted by Crippen LogP contribution is 2.32. The summed E-state index contributed by atoms with van der Waals surface area (Å²) in [7, 11) is -1.56. The zero-order valence-corrected chi connectivity index (χ0v) is 15.2. The largest absolute Gasteiger partial charge is 0.399 e. The molecule has 1 aliphatic rings. The normalized spacial score (nSPS) is 16.2. The van der Waals surface area contributed by atoms with Crippen LogP contribution in [0.2, 0.25) is 0 Å². The van der Waals surface area contributed by atoms with Crippen molar-refractivity contribution in [2.45, 2.75) is 16.3 Å². The van der Waals surface area contributed by atoms with Gasteiger partial charge in [-0.3, -0.25) is 0 Å². The van der Waals surface area contributed by atoms with Gasteiger partial charge in [-0.25, -0.2) is 8.42 Å². The molecule has 3 rings (SSSR count). The molecule has 1 fully saturated rings. The summed E-state index contributed by atoms with van der Waals surface area (Å²) in [6.07, 6.45) is 0. The van der Waals surface area contributed by atoms with Crippen LogP contribution in [-0.2, 0) is 16.4 Å². The number of nitrogens with two attached hydrogens (primary N) is 2. The van der Waals surface area contributed by atoms with E-state index in [9.17, 15) is 8.42 Å². The van der Waals surface area contributed by atoms with Crippen molar-refractivity contribution in [3.63, 3.8) is 0 Å². The molecule has 0 atom stereocenters. The van der Waals surface area contributed by atoms with Crippen LogP contribution in [0.3, 0.4) is 0 Å². The molecule has 134 valence electrons. The third-order valence-corrected chi connectivity index (χ3v) is 6.40. The first kappa shape index (κ1) is 17.7. The first-order valence-corrected chi connectivity index (χ1v) is 9.77. The second kappa shape index (κ2) is 7.03. The maximum atomic E-state index is 13.2. The summed E-state index contributed by atoms with van der Waals surface area (Å²) in [5, 5.41) is 0. The Morgan fingerprint density at radius 3 is 2.24 bits per heavy atom. The fourth-order valence-electron chi connectivity index (χ4n) is 2.99. The molecule has 2 aromatic rings. The molecule has 0 radical (unpaired) electrons. The molecule has 0 amide bonds. The summed E-state index contributed by atoms with van der Waals surface area (Å²) in [4.78, 5) is 4.89. The molecule has 1 aliphatic heterocycles. The highest BCUT2D eigenvalue weighted by atomic mass is 32.2. The van der Waals surface area contributed by atoms with Crippen LogP contribution >= 0.6 is 0 Å². The second-order valence-corrected chi connectivity index (χ2v) is 8.29. The number of sulfone groups is 1. The number of anilines is 2. The number of likely N-dealkylation sites (N-methyl/N-ethyl adjacent to an activating group) is 1. The quantitative estimate of drug-likeness (QED) is 0.799. The van der Waals surface area contributed by atoms with Gasteiger partial charge in [0.15, 0.2) is 0 Å². The van der Waals surface area contributed by atoms with Crippen molar-refractivity contribution in [2.75, 3.05) is 43.9 Å². The minimum absolute atomic E-state index is 0.268. The van der Waals surface area contributed by atoms with Crippen molar-refractivity contribution in [2.24, 2.45) is 5.73 Å². The fraction of sp³-hybridized carbons (Fsp3) is 0.333. The van der Waals surface area contributed by atoms with Gasteiger partial charge < -0.3 is 21.3 Å². The molecule has 0 unspecified atom stereocenters. The monoisotopic (exact) mass is 360 g/mol. The molecular formula is C18H24N4O2S. The van der Waals surface area contributed by atoms with E-state index in [1.54, 1.807) is 42.5 Å². The fourth-order valence-corrected chi connectivity index (χ4v) is 4.45. The molecule has 0 saturated carbocycles. The van der Waals surface area contributed by atoms with Crippen LogP contribution in [-0.4, -0.2) is 46.5 Å². The Balaban J connectivity index is 2.03. The first-order valence-electron chi connectivity index (χ1n) is 8.29. The Labute approximate surface area is 148 Å². The Morgan fingerprint density at radius 1 is 1.00 bits per heavy atom. The van der Waals surface area contributed by atoms with Crippen LogP contribution in [0.5, 0.6) is 0 Å². The van der Waals surface area contributed by atoms with E-state index >= 15 is 0 Å². The second-order valence-electron chi connectivity index (χ2n) is 6.37. The summed E-state index contributed by atoms with van der Waals surface area (Å²) in [6, 6.07) is 11.7. The molecule has 0 aliphatic carbocycles. The van der Waals surface area contributed by atoms with Crippen LogP contribution in [0.15, 0.2) is 52.3 Å². The number of hydrogen-bond donors (Lipinski definition) is 2. The van der Waals surface area contributed by atoms with Crippen molar-refractivity contribution in [3.8, 4) is 0 Å². The molecule has 7 heteroatoms. The van der Waals surface area contributed by atoms with Gasteiger partial charge in [-0.2, -0.15) is 0 Å². The lowest BCUT2D eigenvalue weighted by molar-refractivity contribution is 0.312. The molecule has 6 nitrogen and oxygen atoms in total. The van der Waals surface area contributed by atoms with Crippen molar-refractivity contribution >= 4 is 21.2 Å². The molecule has 25 heavy (non-hydrogen) atoms. The summed E-state index contributed by atoms with van der Waals surface area (Å²) in [5.74, 6) is 0. The molecule has 4 N–H and O–H groups in total. The highest BCUT2D eigenvalue weighted by Gasteiger charge is 2.25. The van der Waals surface area contributed by atoms with E-state index in [0.29, 0.717) is 22.8 Å². The van der Waals surface area contributed by atoms with E-state index < -0.39 is 9.84 Å². The Kier molecular flexibility index (Phi) is 4.99. The molecule has 2 aromatic carbocycles. The predicted octanol–water partition coefficient (Wildman–Crippen LogP) is 1.31. The first-order chi connectivity index (χ1) is 11.9. The maximum absolute atomic E-state index is 13.2. The highest BCUT2D eigenvalue weighted by molar-refractivity contribution is 7.91. The zero-order valence-electron chi connectivity index (χ0n) is 14.4. The number of piperazine rings is 1. The van der Waals surface area contributed by atoms with E-state index in [1.165, 1.54) is 0 Å². The maximum Gasteiger partial charge on any atom is 0.208 e. The Hall–Kier alpha value is -2.09. The summed E-state index contributed by atoms with van der Waals surface area (Å²) >= 11 is 0. The number of benzene rings is 2. The zero-order chi connectivity index (χ0) is 18.0. The topological polar surface area (TPSA) is 92.7 Å². The molecule has 0 spiro atoms. The van der Waals surface area contributed by atoms with Crippen molar-refractivity contribution < 1.29 is 8.42 Å². The number of nitrogen functional groups attached to an aromatic ring is 1. The third-order valence-electron chi connectivity index (χ3n) is 4.59. The van der Waals surface area contributed by atoms with Gasteiger partial charge in [0, 0.05) is 38.4 Å². The van der Waals surface area contributed by atoms with Gasteiger partial charge >= 0.3 is 0 Å². The van der Waals surface area contributed by atoms with Gasteiger partial charge in [0.1, 0.15) is 0 Å². The van der Waals surface area contributed by atoms with E-state index in [0.717, 1.165) is 31.7 Å². The molecule has 0 aromatic heterocycles. The third kappa shape index (κ3) is 3.63. The Bertz CT molecular complexity index is 842. The van der Waals surface area contributed by atoms with E-state index in [4.69, 9.17) is 11.5 Å². The van der Waals surface area contributed by atoms with E-state index in [1.807, 2.05) is 0 Å². The van der Waals surface area contributed by atoms with E-state index in [-0.39, 0.29) is 4.90 Å². The molecule has 1 heterocycles. The molecular weight excluding hydrogens is 336 g/mol. The summed E-state index contributed by atoms with van der Waals surface area (Å²) < 4.78 is 26.3. The van der Waals surface area contributed by atoms with E-state index in [2.05, 4.69) is 16.8 Å². The van der Waals surface area contributed by atoms with Gasteiger partial charge in [0.2, 0.25) is 9.84 Å². The number of nitrogens with zero attached hydrogens (tertiary/aromatic N) is 2. The lowest BCUT2D eigenvalue weighted by atomic mass is 10.2. The van der Waals surface area contributed by atoms with Gasteiger partial charge in [-0.05, 0) is 42.9 Å². The van der Waals surface area contributed by atoms with Gasteiger partial charge in [0.05, 0.1) is 15.5 Å². The van der Waals surface area contributed by atoms with Crippen LogP contribution in [0.1, 0.15) is 5.56 Å². The van der Waals surface area contributed by atoms with Crippen molar-refractivity contribution in [3.05, 3.63) is 48.0 Å². The van der Waals surface area contributed by atoms with Crippen LogP contribution in [0.4, 0.5) is 11.4 Å². The van der Waals surface area contributed by atoms with Crippen LogP contribution in [0, 0.1) is 0 Å². The average Bonchev–Trinajstić information content (AvgIpc) is 2.62. The van der Waals surface area contributed by atoms with Gasteiger partial charge in [-0.1, -0.05) is 12.1 Å². The van der Waals surface area contributed by atoms with Crippen molar-refractivity contribution in [1.29, 1.82) is 0 Å². The minimum Gasteiger partial charge on any atom is -0.399 e. The predicted molar refractivity (Wildman–Crippen MR) is 100 cm³/mol. The molecule has 0 bridgehead atoms. The number of rotatable bonds is 4. The lowest BCUT2D eigenvalue weighted by Gasteiger charge is -2.35. The lowest BCUT2D eigenvalue weighted by Crippen LogP contribution is -2.45. The molecule has 1 saturated heterocycles.